The molecule has 0 atom stereocenters. The number of methoxy groups -OCH3 is 1. The van der Waals surface area contributed by atoms with E-state index in [1.54, 1.807) is 7.11 Å². The lowest BCUT2D eigenvalue weighted by molar-refractivity contribution is 0.419. The van der Waals surface area contributed by atoms with Crippen LogP contribution in [0.3, 0.4) is 0 Å². The van der Waals surface area contributed by atoms with E-state index in [1.165, 1.54) is 5.56 Å². The zero-order valence-electron chi connectivity index (χ0n) is 8.13. The third-order valence-corrected chi connectivity index (χ3v) is 2.49. The summed E-state index contributed by atoms with van der Waals surface area (Å²) in [6, 6.07) is 7.91. The molecular formula is C11H11NOS. The van der Waals surface area contributed by atoms with Crippen molar-refractivity contribution in [2.24, 2.45) is 0 Å². The number of H-pyrrole nitrogens is 1. The van der Waals surface area contributed by atoms with Gasteiger partial charge in [-0.1, -0.05) is 24.4 Å². The fourth-order valence-electron chi connectivity index (χ4n) is 1.59. The van der Waals surface area contributed by atoms with E-state index in [9.17, 15) is 0 Å². The van der Waals surface area contributed by atoms with Gasteiger partial charge in [0.1, 0.15) is 10.4 Å². The topological polar surface area (TPSA) is 25.0 Å². The molecule has 0 aliphatic carbocycles. The molecule has 14 heavy (non-hydrogen) atoms. The normalized spacial score (nSPS) is 10.4. The number of nitrogens with one attached hydrogen (secondary N) is 1. The number of rotatable bonds is 1. The Morgan fingerprint density at radius 1 is 1.36 bits per heavy atom. The Labute approximate surface area is 87.5 Å². The molecule has 2 aromatic rings. The van der Waals surface area contributed by atoms with Crippen LogP contribution < -0.4 is 4.74 Å². The molecule has 1 heterocycles. The van der Waals surface area contributed by atoms with Crippen LogP contribution in [0.4, 0.5) is 0 Å². The molecule has 0 radical (unpaired) electrons. The third kappa shape index (κ3) is 1.40. The minimum Gasteiger partial charge on any atom is -0.495 e. The molecule has 1 aromatic heterocycles. The maximum atomic E-state index is 5.26. The van der Waals surface area contributed by atoms with E-state index in [0.29, 0.717) is 0 Å². The number of fused-ring (bicyclic) bond motifs is 1. The van der Waals surface area contributed by atoms with Crippen LogP contribution in [0.25, 0.3) is 10.9 Å². The first-order valence-electron chi connectivity index (χ1n) is 4.39. The van der Waals surface area contributed by atoms with Gasteiger partial charge in [0.2, 0.25) is 0 Å². The number of hydrogen-bond acceptors (Lipinski definition) is 2. The Morgan fingerprint density at radius 3 is 2.86 bits per heavy atom. The smallest absolute Gasteiger partial charge is 0.142 e. The molecule has 0 saturated heterocycles. The van der Waals surface area contributed by atoms with Crippen molar-refractivity contribution in [2.45, 2.75) is 6.92 Å². The van der Waals surface area contributed by atoms with Crippen molar-refractivity contribution in [1.29, 1.82) is 0 Å². The highest BCUT2D eigenvalue weighted by Crippen LogP contribution is 2.25. The highest BCUT2D eigenvalue weighted by molar-refractivity contribution is 7.71. The van der Waals surface area contributed by atoms with E-state index in [2.05, 4.69) is 11.1 Å². The summed E-state index contributed by atoms with van der Waals surface area (Å²) in [5.74, 6) is 0.831. The fourth-order valence-corrected chi connectivity index (χ4v) is 1.87. The van der Waals surface area contributed by atoms with Gasteiger partial charge in [0.15, 0.2) is 0 Å². The van der Waals surface area contributed by atoms with E-state index < -0.39 is 0 Å². The van der Waals surface area contributed by atoms with Crippen molar-refractivity contribution >= 4 is 23.1 Å². The molecule has 0 spiro atoms. The van der Waals surface area contributed by atoms with Crippen molar-refractivity contribution in [2.75, 3.05) is 7.11 Å². The number of benzene rings is 1. The molecule has 2 rings (SSSR count). The summed E-state index contributed by atoms with van der Waals surface area (Å²) in [5.41, 5.74) is 2.14. The third-order valence-electron chi connectivity index (χ3n) is 2.27. The Kier molecular flexibility index (Phi) is 2.25. The van der Waals surface area contributed by atoms with Crippen LogP contribution in [0, 0.1) is 11.6 Å². The Balaban J connectivity index is 2.93. The van der Waals surface area contributed by atoms with Crippen molar-refractivity contribution in [3.63, 3.8) is 0 Å². The Morgan fingerprint density at radius 2 is 2.14 bits per heavy atom. The number of hydrogen-bond donors (Lipinski definition) is 1. The van der Waals surface area contributed by atoms with Gasteiger partial charge < -0.3 is 9.72 Å². The second-order valence-corrected chi connectivity index (χ2v) is 3.64. The van der Waals surface area contributed by atoms with E-state index in [-0.39, 0.29) is 0 Å². The highest BCUT2D eigenvalue weighted by atomic mass is 32.1. The van der Waals surface area contributed by atoms with Gasteiger partial charge in [-0.15, -0.1) is 0 Å². The quantitative estimate of drug-likeness (QED) is 0.723. The van der Waals surface area contributed by atoms with E-state index in [4.69, 9.17) is 17.0 Å². The molecule has 1 aromatic carbocycles. The van der Waals surface area contributed by atoms with Gasteiger partial charge in [-0.2, -0.15) is 0 Å². The molecular weight excluding hydrogens is 194 g/mol. The van der Waals surface area contributed by atoms with Crippen molar-refractivity contribution < 1.29 is 4.74 Å². The molecule has 1 N–H and O–H groups in total. The zero-order valence-corrected chi connectivity index (χ0v) is 8.94. The molecule has 2 nitrogen and oxygen atoms in total. The fraction of sp³-hybridized carbons (Fsp3) is 0.182. The van der Waals surface area contributed by atoms with E-state index >= 15 is 0 Å². The van der Waals surface area contributed by atoms with Crippen LogP contribution in [-0.2, 0) is 0 Å². The van der Waals surface area contributed by atoms with Crippen LogP contribution in [0.15, 0.2) is 24.3 Å². The zero-order chi connectivity index (χ0) is 10.1. The summed E-state index contributed by atoms with van der Waals surface area (Å²) in [6.07, 6.45) is 0. The lowest BCUT2D eigenvalue weighted by atomic mass is 10.1. The van der Waals surface area contributed by atoms with Crippen molar-refractivity contribution in [1.82, 2.24) is 4.98 Å². The molecule has 0 fully saturated rings. The summed E-state index contributed by atoms with van der Waals surface area (Å²) in [5, 5.41) is 1.15. The van der Waals surface area contributed by atoms with Crippen molar-refractivity contribution in [3.8, 4) is 5.75 Å². The molecule has 3 heteroatoms. The molecule has 0 aliphatic heterocycles. The maximum absolute atomic E-state index is 5.26. The second kappa shape index (κ2) is 3.42. The van der Waals surface area contributed by atoms with Gasteiger partial charge in [-0.3, -0.25) is 0 Å². The van der Waals surface area contributed by atoms with Crippen LogP contribution in [0.2, 0.25) is 0 Å². The van der Waals surface area contributed by atoms with Gasteiger partial charge in [-0.05, 0) is 24.6 Å². The number of ether oxygens (including phenoxy) is 1. The first-order chi connectivity index (χ1) is 6.72. The lowest BCUT2D eigenvalue weighted by Gasteiger charge is -2.06. The minimum atomic E-state index is 0.736. The average molecular weight is 205 g/mol. The number of aryl methyl sites for hydroxylation is 1. The van der Waals surface area contributed by atoms with Crippen molar-refractivity contribution in [3.05, 3.63) is 34.5 Å². The van der Waals surface area contributed by atoms with Gasteiger partial charge >= 0.3 is 0 Å². The second-order valence-electron chi connectivity index (χ2n) is 3.20. The van der Waals surface area contributed by atoms with Gasteiger partial charge in [0, 0.05) is 5.39 Å². The summed E-state index contributed by atoms with van der Waals surface area (Å²) < 4.78 is 6.00. The largest absolute Gasteiger partial charge is 0.495 e. The van der Waals surface area contributed by atoms with Gasteiger partial charge in [0.25, 0.3) is 0 Å². The molecule has 0 aliphatic rings. The average Bonchev–Trinajstić information content (AvgIpc) is 2.17. The highest BCUT2D eigenvalue weighted by Gasteiger charge is 2.02. The number of aromatic nitrogens is 1. The molecule has 0 unspecified atom stereocenters. The Hall–Kier alpha value is -1.35. The molecule has 72 valence electrons. The Bertz CT molecular complexity index is 530. The SMILES string of the molecule is COc1cccc2c(C)cc(=S)[nH]c12. The maximum Gasteiger partial charge on any atom is 0.142 e. The summed E-state index contributed by atoms with van der Waals surface area (Å²) >= 11 is 5.12. The van der Waals surface area contributed by atoms with E-state index in [1.807, 2.05) is 25.1 Å². The number of pyridine rings is 1. The summed E-state index contributed by atoms with van der Waals surface area (Å²) in [7, 11) is 1.66. The van der Waals surface area contributed by atoms with Crippen LogP contribution in [0.5, 0.6) is 5.75 Å². The molecule has 0 bridgehead atoms. The number of aromatic amines is 1. The predicted molar refractivity (Wildman–Crippen MR) is 60.4 cm³/mol. The van der Waals surface area contributed by atoms with Gasteiger partial charge in [-0.25, -0.2) is 0 Å². The number of para-hydroxylation sites is 1. The molecule has 0 amide bonds. The summed E-state index contributed by atoms with van der Waals surface area (Å²) in [6.45, 7) is 2.05. The minimum absolute atomic E-state index is 0.736. The van der Waals surface area contributed by atoms with Crippen LogP contribution in [-0.4, -0.2) is 12.1 Å². The van der Waals surface area contributed by atoms with Gasteiger partial charge in [0.05, 0.1) is 12.6 Å². The van der Waals surface area contributed by atoms with E-state index in [0.717, 1.165) is 21.3 Å². The lowest BCUT2D eigenvalue weighted by Crippen LogP contribution is -1.89. The standard InChI is InChI=1S/C11H11NOS/c1-7-6-10(14)12-11-8(7)4-3-5-9(11)13-2/h3-6H,1-2H3,(H,12,14). The molecule has 0 saturated carbocycles. The first kappa shape index (κ1) is 9.21. The summed E-state index contributed by atoms with van der Waals surface area (Å²) in [4.78, 5) is 3.14. The first-order valence-corrected chi connectivity index (χ1v) is 4.80. The van der Waals surface area contributed by atoms with Crippen LogP contribution in [0.1, 0.15) is 5.56 Å². The monoisotopic (exact) mass is 205 g/mol. The predicted octanol–water partition coefficient (Wildman–Crippen LogP) is 3.21. The van der Waals surface area contributed by atoms with Crippen LogP contribution >= 0.6 is 12.2 Å².